The number of hydrogen-bond acceptors (Lipinski definition) is 3. The summed E-state index contributed by atoms with van der Waals surface area (Å²) in [6.07, 6.45) is 1.98. The third-order valence-corrected chi connectivity index (χ3v) is 2.29. The van der Waals surface area contributed by atoms with Crippen LogP contribution < -0.4 is 0 Å². The number of benzene rings is 1. The van der Waals surface area contributed by atoms with E-state index in [0.29, 0.717) is 6.42 Å². The second-order valence-corrected chi connectivity index (χ2v) is 3.47. The zero-order valence-corrected chi connectivity index (χ0v) is 8.59. The molecule has 0 aliphatic carbocycles. The van der Waals surface area contributed by atoms with Crippen LogP contribution in [0, 0.1) is 11.3 Å². The Morgan fingerprint density at radius 1 is 1.25 bits per heavy atom. The maximum atomic E-state index is 9.32. The van der Waals surface area contributed by atoms with Crippen molar-refractivity contribution in [3.8, 4) is 11.8 Å². The van der Waals surface area contributed by atoms with Gasteiger partial charge in [-0.15, -0.1) is 0 Å². The quantitative estimate of drug-likeness (QED) is 0.827. The summed E-state index contributed by atoms with van der Waals surface area (Å²) < 4.78 is 0. The van der Waals surface area contributed by atoms with Crippen LogP contribution in [0.15, 0.2) is 42.6 Å². The van der Waals surface area contributed by atoms with Crippen molar-refractivity contribution in [2.75, 3.05) is 0 Å². The minimum absolute atomic E-state index is 0.0701. The number of hydrogen-bond donors (Lipinski definition) is 1. The molecule has 0 fully saturated rings. The Morgan fingerprint density at radius 2 is 2.00 bits per heavy atom. The van der Waals surface area contributed by atoms with E-state index in [9.17, 15) is 5.11 Å². The molecule has 0 atom stereocenters. The smallest absolute Gasteiger partial charge is 0.151 e. The summed E-state index contributed by atoms with van der Waals surface area (Å²) in [7, 11) is 0. The molecule has 16 heavy (non-hydrogen) atoms. The molecule has 3 heteroatoms. The first-order chi connectivity index (χ1) is 7.79. The predicted molar refractivity (Wildman–Crippen MR) is 59.9 cm³/mol. The van der Waals surface area contributed by atoms with E-state index in [4.69, 9.17) is 5.26 Å². The highest BCUT2D eigenvalue weighted by Crippen LogP contribution is 2.16. The molecule has 0 unspecified atom stereocenters. The average Bonchev–Trinajstić information content (AvgIpc) is 2.33. The van der Waals surface area contributed by atoms with E-state index in [1.54, 1.807) is 6.07 Å². The third-order valence-electron chi connectivity index (χ3n) is 2.29. The summed E-state index contributed by atoms with van der Waals surface area (Å²) in [6, 6.07) is 13.4. The highest BCUT2D eigenvalue weighted by atomic mass is 16.3. The highest BCUT2D eigenvalue weighted by Gasteiger charge is 2.03. The molecule has 0 spiro atoms. The molecule has 0 aliphatic heterocycles. The second kappa shape index (κ2) is 4.45. The monoisotopic (exact) mass is 210 g/mol. The van der Waals surface area contributed by atoms with Crippen molar-refractivity contribution in [3.05, 3.63) is 59.4 Å². The van der Waals surface area contributed by atoms with Gasteiger partial charge in [0.25, 0.3) is 0 Å². The summed E-state index contributed by atoms with van der Waals surface area (Å²) in [5, 5.41) is 18.1. The van der Waals surface area contributed by atoms with Gasteiger partial charge in [0.05, 0.1) is 11.8 Å². The van der Waals surface area contributed by atoms with Gasteiger partial charge >= 0.3 is 0 Å². The molecule has 0 aliphatic rings. The first-order valence-corrected chi connectivity index (χ1v) is 4.91. The van der Waals surface area contributed by atoms with Crippen LogP contribution in [0.4, 0.5) is 0 Å². The van der Waals surface area contributed by atoms with Gasteiger partial charge in [-0.05, 0) is 11.6 Å². The van der Waals surface area contributed by atoms with Crippen molar-refractivity contribution in [3.63, 3.8) is 0 Å². The number of pyridine rings is 1. The number of nitrogens with zero attached hydrogens (tertiary/aromatic N) is 2. The fourth-order valence-corrected chi connectivity index (χ4v) is 1.48. The van der Waals surface area contributed by atoms with Gasteiger partial charge in [0, 0.05) is 12.1 Å². The van der Waals surface area contributed by atoms with Gasteiger partial charge in [-0.25, -0.2) is 0 Å². The first-order valence-electron chi connectivity index (χ1n) is 4.91. The molecule has 0 amide bonds. The Bertz CT molecular complexity index is 529. The molecule has 1 aromatic carbocycles. The Hall–Kier alpha value is -2.34. The van der Waals surface area contributed by atoms with Gasteiger partial charge in [-0.1, -0.05) is 30.3 Å². The van der Waals surface area contributed by atoms with E-state index in [-0.39, 0.29) is 11.3 Å². The summed E-state index contributed by atoms with van der Waals surface area (Å²) in [5.41, 5.74) is 2.17. The highest BCUT2D eigenvalue weighted by molar-refractivity contribution is 5.41. The maximum absolute atomic E-state index is 9.32. The summed E-state index contributed by atoms with van der Waals surface area (Å²) >= 11 is 0. The Morgan fingerprint density at radius 3 is 2.69 bits per heavy atom. The van der Waals surface area contributed by atoms with Crippen molar-refractivity contribution in [2.24, 2.45) is 0 Å². The van der Waals surface area contributed by atoms with Crippen LogP contribution in [0.5, 0.6) is 5.75 Å². The summed E-state index contributed by atoms with van der Waals surface area (Å²) in [4.78, 5) is 4.08. The fourth-order valence-electron chi connectivity index (χ4n) is 1.48. The molecule has 2 aromatic rings. The average molecular weight is 210 g/mol. The molecule has 0 radical (unpaired) electrons. The molecule has 0 bridgehead atoms. The van der Waals surface area contributed by atoms with Gasteiger partial charge in [-0.2, -0.15) is 5.26 Å². The number of nitriles is 1. The summed E-state index contributed by atoms with van der Waals surface area (Å²) in [5.74, 6) is -0.0701. The third kappa shape index (κ3) is 2.18. The Balaban J connectivity index is 2.27. The lowest BCUT2D eigenvalue weighted by Gasteiger charge is -2.02. The molecule has 0 saturated heterocycles. The molecule has 3 nitrogen and oxygen atoms in total. The Labute approximate surface area is 93.6 Å². The van der Waals surface area contributed by atoms with Gasteiger partial charge in [0.1, 0.15) is 6.07 Å². The minimum Gasteiger partial charge on any atom is -0.505 e. The molecule has 1 heterocycles. The van der Waals surface area contributed by atoms with Crippen LogP contribution in [-0.2, 0) is 6.42 Å². The van der Waals surface area contributed by atoms with E-state index >= 15 is 0 Å². The van der Waals surface area contributed by atoms with Crippen LogP contribution in [0.3, 0.4) is 0 Å². The SMILES string of the molecule is N#Cc1cc(Cc2ccccc2)ncc1O. The van der Waals surface area contributed by atoms with E-state index in [1.165, 1.54) is 6.20 Å². The summed E-state index contributed by atoms with van der Waals surface area (Å²) in [6.45, 7) is 0. The zero-order valence-electron chi connectivity index (χ0n) is 8.59. The van der Waals surface area contributed by atoms with Crippen molar-refractivity contribution in [1.82, 2.24) is 4.98 Å². The molecule has 78 valence electrons. The van der Waals surface area contributed by atoms with Crippen LogP contribution in [0.1, 0.15) is 16.8 Å². The van der Waals surface area contributed by atoms with Gasteiger partial charge in [0.15, 0.2) is 5.75 Å². The zero-order chi connectivity index (χ0) is 11.4. The van der Waals surface area contributed by atoms with Crippen LogP contribution >= 0.6 is 0 Å². The van der Waals surface area contributed by atoms with E-state index in [1.807, 2.05) is 36.4 Å². The van der Waals surface area contributed by atoms with E-state index in [0.717, 1.165) is 11.3 Å². The maximum Gasteiger partial charge on any atom is 0.151 e. The number of aromatic hydroxyl groups is 1. The normalized spacial score (nSPS) is 9.69. The van der Waals surface area contributed by atoms with Crippen molar-refractivity contribution >= 4 is 0 Å². The Kier molecular flexibility index (Phi) is 2.84. The van der Waals surface area contributed by atoms with E-state index < -0.39 is 0 Å². The number of aromatic nitrogens is 1. The molecule has 1 aromatic heterocycles. The molecule has 1 N–H and O–H groups in total. The standard InChI is InChI=1S/C13H10N2O/c14-8-11-7-12(15-9-13(11)16)6-10-4-2-1-3-5-10/h1-5,7,9,16H,6H2. The van der Waals surface area contributed by atoms with Gasteiger partial charge in [-0.3, -0.25) is 4.98 Å². The molecule has 0 saturated carbocycles. The van der Waals surface area contributed by atoms with Gasteiger partial charge in [0.2, 0.25) is 0 Å². The fraction of sp³-hybridized carbons (Fsp3) is 0.0769. The van der Waals surface area contributed by atoms with E-state index in [2.05, 4.69) is 4.98 Å². The van der Waals surface area contributed by atoms with Crippen molar-refractivity contribution in [2.45, 2.75) is 6.42 Å². The second-order valence-electron chi connectivity index (χ2n) is 3.47. The largest absolute Gasteiger partial charge is 0.505 e. The lowest BCUT2D eigenvalue weighted by molar-refractivity contribution is 0.470. The lowest BCUT2D eigenvalue weighted by Crippen LogP contribution is -1.93. The van der Waals surface area contributed by atoms with Crippen LogP contribution in [0.25, 0.3) is 0 Å². The molecular weight excluding hydrogens is 200 g/mol. The van der Waals surface area contributed by atoms with Crippen LogP contribution in [0.2, 0.25) is 0 Å². The van der Waals surface area contributed by atoms with Crippen molar-refractivity contribution < 1.29 is 5.11 Å². The number of rotatable bonds is 2. The predicted octanol–water partition coefficient (Wildman–Crippen LogP) is 2.25. The van der Waals surface area contributed by atoms with Crippen LogP contribution in [-0.4, -0.2) is 10.1 Å². The first kappa shape index (κ1) is 10.2. The molecular formula is C13H10N2O. The minimum atomic E-state index is -0.0701. The van der Waals surface area contributed by atoms with Crippen molar-refractivity contribution in [1.29, 1.82) is 5.26 Å². The lowest BCUT2D eigenvalue weighted by atomic mass is 10.1. The molecule has 2 rings (SSSR count). The van der Waals surface area contributed by atoms with Gasteiger partial charge < -0.3 is 5.11 Å². The topological polar surface area (TPSA) is 56.9 Å².